The summed E-state index contributed by atoms with van der Waals surface area (Å²) in [6.45, 7) is 1.74. The summed E-state index contributed by atoms with van der Waals surface area (Å²) < 4.78 is 5.35. The van der Waals surface area contributed by atoms with E-state index in [1.165, 1.54) is 0 Å². The highest BCUT2D eigenvalue weighted by Crippen LogP contribution is 2.07. The maximum Gasteiger partial charge on any atom is 0.329 e. The van der Waals surface area contributed by atoms with Gasteiger partial charge in [0.25, 0.3) is 0 Å². The fourth-order valence-electron chi connectivity index (χ4n) is 2.18. The SMILES string of the molecule is C[C@H](N)C(=O)N[C@@H](Cc1ccccc1)C(=O)OCc1ccccc1. The summed E-state index contributed by atoms with van der Waals surface area (Å²) in [6.07, 6.45) is 0.354. The van der Waals surface area contributed by atoms with Crippen LogP contribution < -0.4 is 11.1 Å². The Bertz CT molecular complexity index is 657. The Morgan fingerprint density at radius 3 is 2.08 bits per heavy atom. The Morgan fingerprint density at radius 1 is 1.00 bits per heavy atom. The fraction of sp³-hybridized carbons (Fsp3) is 0.263. The van der Waals surface area contributed by atoms with Gasteiger partial charge in [0.15, 0.2) is 0 Å². The van der Waals surface area contributed by atoms with Gasteiger partial charge < -0.3 is 15.8 Å². The lowest BCUT2D eigenvalue weighted by Crippen LogP contribution is -2.48. The lowest BCUT2D eigenvalue weighted by Gasteiger charge is -2.19. The molecule has 0 unspecified atom stereocenters. The van der Waals surface area contributed by atoms with Crippen molar-refractivity contribution < 1.29 is 14.3 Å². The largest absolute Gasteiger partial charge is 0.459 e. The maximum atomic E-state index is 12.4. The molecule has 0 heterocycles. The molecule has 1 amide bonds. The molecule has 0 saturated heterocycles. The number of carbonyl (C=O) groups is 2. The molecule has 2 atom stereocenters. The van der Waals surface area contributed by atoms with Crippen molar-refractivity contribution in [2.24, 2.45) is 5.73 Å². The second-order valence-electron chi connectivity index (χ2n) is 5.63. The first-order chi connectivity index (χ1) is 11.6. The normalized spacial score (nSPS) is 12.9. The van der Waals surface area contributed by atoms with Crippen molar-refractivity contribution in [1.82, 2.24) is 5.32 Å². The minimum atomic E-state index is -0.769. The standard InChI is InChI=1S/C19H22N2O3/c1-14(20)18(22)21-17(12-15-8-4-2-5-9-15)19(23)24-13-16-10-6-3-7-11-16/h2-11,14,17H,12-13,20H2,1H3,(H,21,22)/t14-,17-/m0/s1. The zero-order valence-corrected chi connectivity index (χ0v) is 13.6. The number of esters is 1. The third kappa shape index (κ3) is 5.52. The van der Waals surface area contributed by atoms with Crippen molar-refractivity contribution >= 4 is 11.9 Å². The van der Waals surface area contributed by atoms with Gasteiger partial charge in [-0.25, -0.2) is 4.79 Å². The van der Waals surface area contributed by atoms with Gasteiger partial charge in [0.2, 0.25) is 5.91 Å². The van der Waals surface area contributed by atoms with Gasteiger partial charge in [0.1, 0.15) is 12.6 Å². The van der Waals surface area contributed by atoms with Crippen LogP contribution in [0, 0.1) is 0 Å². The summed E-state index contributed by atoms with van der Waals surface area (Å²) in [4.78, 5) is 24.3. The van der Waals surface area contributed by atoms with Crippen LogP contribution in [-0.2, 0) is 27.4 Å². The monoisotopic (exact) mass is 326 g/mol. The van der Waals surface area contributed by atoms with Crippen LogP contribution >= 0.6 is 0 Å². The van der Waals surface area contributed by atoms with Gasteiger partial charge in [-0.1, -0.05) is 60.7 Å². The summed E-state index contributed by atoms with van der Waals surface area (Å²) >= 11 is 0. The topological polar surface area (TPSA) is 81.4 Å². The first-order valence-corrected chi connectivity index (χ1v) is 7.86. The third-order valence-corrected chi connectivity index (χ3v) is 3.52. The van der Waals surface area contributed by atoms with Crippen LogP contribution in [0.25, 0.3) is 0 Å². The van der Waals surface area contributed by atoms with E-state index in [4.69, 9.17) is 10.5 Å². The highest BCUT2D eigenvalue weighted by molar-refractivity contribution is 5.87. The van der Waals surface area contributed by atoms with Crippen molar-refractivity contribution in [1.29, 1.82) is 0 Å². The molecule has 0 spiro atoms. The molecule has 5 heteroatoms. The zero-order valence-electron chi connectivity index (χ0n) is 13.6. The molecule has 0 aliphatic heterocycles. The Balaban J connectivity index is 2.03. The Hall–Kier alpha value is -2.66. The molecule has 2 aromatic rings. The van der Waals surface area contributed by atoms with E-state index in [-0.39, 0.29) is 12.5 Å². The lowest BCUT2D eigenvalue weighted by molar-refractivity contribution is -0.149. The number of nitrogens with one attached hydrogen (secondary N) is 1. The molecule has 5 nitrogen and oxygen atoms in total. The summed E-state index contributed by atoms with van der Waals surface area (Å²) in [6, 6.07) is 17.4. The summed E-state index contributed by atoms with van der Waals surface area (Å²) in [5.74, 6) is -0.857. The van der Waals surface area contributed by atoms with Crippen molar-refractivity contribution in [3.8, 4) is 0 Å². The minimum Gasteiger partial charge on any atom is -0.459 e. The molecule has 0 aliphatic rings. The van der Waals surface area contributed by atoms with Crippen LogP contribution in [0.2, 0.25) is 0 Å². The number of carbonyl (C=O) groups excluding carboxylic acids is 2. The van der Waals surface area contributed by atoms with Crippen LogP contribution in [0.3, 0.4) is 0 Å². The van der Waals surface area contributed by atoms with Gasteiger partial charge in [-0.05, 0) is 18.1 Å². The predicted molar refractivity (Wildman–Crippen MR) is 92.0 cm³/mol. The van der Waals surface area contributed by atoms with Gasteiger partial charge in [-0.15, -0.1) is 0 Å². The van der Waals surface area contributed by atoms with Crippen molar-refractivity contribution in [3.63, 3.8) is 0 Å². The predicted octanol–water partition coefficient (Wildman–Crippen LogP) is 1.80. The Kier molecular flexibility index (Phi) is 6.51. The fourth-order valence-corrected chi connectivity index (χ4v) is 2.18. The number of hydrogen-bond donors (Lipinski definition) is 2. The van der Waals surface area contributed by atoms with Crippen molar-refractivity contribution in [2.75, 3.05) is 0 Å². The molecule has 126 valence electrons. The average molecular weight is 326 g/mol. The maximum absolute atomic E-state index is 12.4. The number of benzene rings is 2. The summed E-state index contributed by atoms with van der Waals surface area (Å²) in [7, 11) is 0. The van der Waals surface area contributed by atoms with E-state index in [2.05, 4.69) is 5.32 Å². The van der Waals surface area contributed by atoms with E-state index in [1.807, 2.05) is 60.7 Å². The number of hydrogen-bond acceptors (Lipinski definition) is 4. The molecule has 2 aromatic carbocycles. The second-order valence-corrected chi connectivity index (χ2v) is 5.63. The molecule has 24 heavy (non-hydrogen) atoms. The first-order valence-electron chi connectivity index (χ1n) is 7.86. The van der Waals surface area contributed by atoms with Gasteiger partial charge in [0.05, 0.1) is 6.04 Å². The van der Waals surface area contributed by atoms with E-state index in [9.17, 15) is 9.59 Å². The molecule has 2 rings (SSSR count). The summed E-state index contributed by atoms with van der Waals surface area (Å²) in [5.41, 5.74) is 7.40. The number of ether oxygens (including phenoxy) is 1. The van der Waals surface area contributed by atoms with Gasteiger partial charge in [-0.2, -0.15) is 0 Å². The highest BCUT2D eigenvalue weighted by atomic mass is 16.5. The van der Waals surface area contributed by atoms with Crippen LogP contribution in [0.5, 0.6) is 0 Å². The molecule has 0 radical (unpaired) electrons. The van der Waals surface area contributed by atoms with Gasteiger partial charge in [-0.3, -0.25) is 4.79 Å². The highest BCUT2D eigenvalue weighted by Gasteiger charge is 2.24. The van der Waals surface area contributed by atoms with E-state index in [1.54, 1.807) is 6.92 Å². The van der Waals surface area contributed by atoms with E-state index < -0.39 is 18.1 Å². The molecule has 3 N–H and O–H groups in total. The quantitative estimate of drug-likeness (QED) is 0.760. The van der Waals surface area contributed by atoms with Crippen LogP contribution in [-0.4, -0.2) is 24.0 Å². The molecule has 0 fully saturated rings. The molecule has 0 saturated carbocycles. The average Bonchev–Trinajstić information content (AvgIpc) is 2.60. The molecule has 0 aliphatic carbocycles. The molecular weight excluding hydrogens is 304 g/mol. The summed E-state index contributed by atoms with van der Waals surface area (Å²) in [5, 5.41) is 2.66. The third-order valence-electron chi connectivity index (χ3n) is 3.52. The molecule has 0 bridgehead atoms. The number of amides is 1. The minimum absolute atomic E-state index is 0.166. The van der Waals surface area contributed by atoms with E-state index in [0.717, 1.165) is 11.1 Å². The van der Waals surface area contributed by atoms with Crippen molar-refractivity contribution in [3.05, 3.63) is 71.8 Å². The van der Waals surface area contributed by atoms with Crippen LogP contribution in [0.15, 0.2) is 60.7 Å². The van der Waals surface area contributed by atoms with Crippen LogP contribution in [0.4, 0.5) is 0 Å². The van der Waals surface area contributed by atoms with Crippen molar-refractivity contribution in [2.45, 2.75) is 32.0 Å². The lowest BCUT2D eigenvalue weighted by atomic mass is 10.1. The Morgan fingerprint density at radius 2 is 1.54 bits per heavy atom. The van der Waals surface area contributed by atoms with Crippen LogP contribution in [0.1, 0.15) is 18.1 Å². The van der Waals surface area contributed by atoms with Gasteiger partial charge in [0, 0.05) is 6.42 Å². The molecular formula is C19H22N2O3. The zero-order chi connectivity index (χ0) is 17.4. The van der Waals surface area contributed by atoms with E-state index >= 15 is 0 Å². The van der Waals surface area contributed by atoms with E-state index in [0.29, 0.717) is 6.42 Å². The van der Waals surface area contributed by atoms with Gasteiger partial charge >= 0.3 is 5.97 Å². The number of nitrogens with two attached hydrogens (primary N) is 1. The first kappa shape index (κ1) is 17.7. The Labute approximate surface area is 141 Å². The molecule has 0 aromatic heterocycles. The second kappa shape index (κ2) is 8.84. The smallest absolute Gasteiger partial charge is 0.329 e. The number of rotatable bonds is 7.